The Morgan fingerprint density at radius 1 is 1.00 bits per heavy atom. The van der Waals surface area contributed by atoms with E-state index < -0.39 is 95.5 Å². The van der Waals surface area contributed by atoms with E-state index in [1.807, 2.05) is 0 Å². The van der Waals surface area contributed by atoms with Gasteiger partial charge >= 0.3 is 30.3 Å². The summed E-state index contributed by atoms with van der Waals surface area (Å²) in [5.74, 6) is -7.91. The summed E-state index contributed by atoms with van der Waals surface area (Å²) >= 11 is 6.08. The van der Waals surface area contributed by atoms with Gasteiger partial charge in [0.05, 0.1) is 30.4 Å². The van der Waals surface area contributed by atoms with Crippen molar-refractivity contribution in [1.82, 2.24) is 0 Å². The zero-order chi connectivity index (χ0) is 27.4. The van der Waals surface area contributed by atoms with E-state index in [1.165, 1.54) is 18.2 Å². The van der Waals surface area contributed by atoms with Gasteiger partial charge in [-0.1, -0.05) is 35.9 Å². The highest BCUT2D eigenvalue weighted by molar-refractivity contribution is 8.08. The van der Waals surface area contributed by atoms with Gasteiger partial charge < -0.3 is 14.2 Å². The first-order chi connectivity index (χ1) is 17.2. The Kier molecular flexibility index (Phi) is 6.94. The zero-order valence-corrected chi connectivity index (χ0v) is 21.6. The molecule has 2 fully saturated rings. The molecule has 0 radical (unpaired) electrons. The zero-order valence-electron chi connectivity index (χ0n) is 19.2. The minimum atomic E-state index is -5.76. The van der Waals surface area contributed by atoms with Crippen LogP contribution in [0.25, 0.3) is 0 Å². The number of benzene rings is 1. The van der Waals surface area contributed by atoms with Crippen LogP contribution in [-0.2, 0) is 52.4 Å². The molecule has 0 amide bonds. The van der Waals surface area contributed by atoms with Crippen LogP contribution in [0, 0.1) is 0 Å². The summed E-state index contributed by atoms with van der Waals surface area (Å²) in [4.78, 5) is 52.8. The first-order valence-corrected chi connectivity index (χ1v) is 13.8. The van der Waals surface area contributed by atoms with Crippen LogP contribution in [0.3, 0.4) is 0 Å². The summed E-state index contributed by atoms with van der Waals surface area (Å²) in [7, 11) is -11.5. The van der Waals surface area contributed by atoms with E-state index in [2.05, 4.69) is 8.37 Å². The average molecular weight is 579 g/mol. The van der Waals surface area contributed by atoms with Gasteiger partial charge in [-0.25, -0.2) is 4.79 Å². The Balaban J connectivity index is 1.88. The third kappa shape index (κ3) is 4.33. The molecule has 13 nitrogen and oxygen atoms in total. The van der Waals surface area contributed by atoms with Crippen LogP contribution >= 0.6 is 11.6 Å². The fourth-order valence-corrected chi connectivity index (χ4v) is 8.17. The SMILES string of the molecule is CC1(C)OCC(COC(=O)C(=O)C2(C3=C(Cl)C(=O)c4ccccc4C3=O)S(=O)(=O)OCCOS2(=O)=O)O1. The first kappa shape index (κ1) is 27.5. The van der Waals surface area contributed by atoms with E-state index in [0.29, 0.717) is 0 Å². The van der Waals surface area contributed by atoms with E-state index in [1.54, 1.807) is 13.8 Å². The van der Waals surface area contributed by atoms with Crippen LogP contribution < -0.4 is 0 Å². The molecule has 1 aromatic carbocycles. The van der Waals surface area contributed by atoms with Gasteiger partial charge in [-0.15, -0.1) is 0 Å². The van der Waals surface area contributed by atoms with Crippen LogP contribution in [0.15, 0.2) is 34.9 Å². The topological polar surface area (TPSA) is 183 Å². The van der Waals surface area contributed by atoms with Gasteiger partial charge in [0.1, 0.15) is 12.7 Å². The second-order valence-corrected chi connectivity index (χ2v) is 12.6. The quantitative estimate of drug-likeness (QED) is 0.263. The third-order valence-corrected chi connectivity index (χ3v) is 10.3. The summed E-state index contributed by atoms with van der Waals surface area (Å²) in [5, 5.41) is -1.22. The van der Waals surface area contributed by atoms with E-state index in [4.69, 9.17) is 25.8 Å². The minimum Gasteiger partial charge on any atom is -0.457 e. The van der Waals surface area contributed by atoms with Crippen molar-refractivity contribution in [2.45, 2.75) is 29.8 Å². The van der Waals surface area contributed by atoms with Crippen molar-refractivity contribution in [2.24, 2.45) is 0 Å². The summed E-state index contributed by atoms with van der Waals surface area (Å²) in [6.45, 7) is 0.630. The summed E-state index contributed by atoms with van der Waals surface area (Å²) in [6.07, 6.45) is -0.884. The van der Waals surface area contributed by atoms with Gasteiger partial charge in [0.25, 0.3) is 5.78 Å². The van der Waals surface area contributed by atoms with Crippen molar-refractivity contribution in [3.63, 3.8) is 0 Å². The molecule has 3 aliphatic rings. The second kappa shape index (κ2) is 9.34. The standard InChI is InChI=1S/C21H19ClO13S2/c1-20(2)32-10-11(35-20)9-31-19(26)18(25)21(36(27,28)33-7-8-34-37(21,29)30)14-15(22)17(24)13-6-4-3-5-12(13)16(14)23/h3-6,11H,7-10H2,1-2H3. The number of carbonyl (C=O) groups is 4. The third-order valence-electron chi connectivity index (χ3n) is 5.61. The second-order valence-electron chi connectivity index (χ2n) is 8.44. The molecule has 4 rings (SSSR count). The van der Waals surface area contributed by atoms with Crippen molar-refractivity contribution < 1.29 is 58.6 Å². The molecule has 0 bridgehead atoms. The van der Waals surface area contributed by atoms with Gasteiger partial charge in [-0.2, -0.15) is 16.8 Å². The lowest BCUT2D eigenvalue weighted by atomic mass is 9.86. The summed E-state index contributed by atoms with van der Waals surface area (Å²) < 4.78 is 74.0. The van der Waals surface area contributed by atoms with Crippen LogP contribution in [0.1, 0.15) is 34.6 Å². The predicted octanol–water partition coefficient (Wildman–Crippen LogP) is 0.225. The molecule has 2 aliphatic heterocycles. The lowest BCUT2D eigenvalue weighted by molar-refractivity contribution is -0.162. The monoisotopic (exact) mass is 578 g/mol. The number of halogens is 1. The summed E-state index contributed by atoms with van der Waals surface area (Å²) in [6, 6.07) is 4.95. The fourth-order valence-electron chi connectivity index (χ4n) is 4.02. The fraction of sp³-hybridized carbons (Fsp3) is 0.429. The number of Topliss-reactive ketones (excluding diaryl/α,β-unsaturated/α-hetero) is 3. The molecule has 0 N–H and O–H groups in total. The molecule has 1 unspecified atom stereocenters. The highest BCUT2D eigenvalue weighted by Crippen LogP contribution is 2.45. The number of carbonyl (C=O) groups excluding carboxylic acids is 4. The Hall–Kier alpha value is -2.53. The van der Waals surface area contributed by atoms with Crippen molar-refractivity contribution >= 4 is 55.2 Å². The molecule has 0 aromatic heterocycles. The van der Waals surface area contributed by atoms with Crippen LogP contribution in [-0.4, -0.2) is 82.6 Å². The van der Waals surface area contributed by atoms with E-state index >= 15 is 0 Å². The Morgan fingerprint density at radius 2 is 1.54 bits per heavy atom. The molecular formula is C21H19ClO13S2. The van der Waals surface area contributed by atoms with Crippen molar-refractivity contribution in [3.8, 4) is 0 Å². The van der Waals surface area contributed by atoms with Gasteiger partial charge in [0.15, 0.2) is 11.6 Å². The normalized spacial score (nSPS) is 25.8. The van der Waals surface area contributed by atoms with Crippen molar-refractivity contribution in [1.29, 1.82) is 0 Å². The molecule has 2 saturated heterocycles. The van der Waals surface area contributed by atoms with Crippen LogP contribution in [0.2, 0.25) is 0 Å². The highest BCUT2D eigenvalue weighted by Gasteiger charge is 2.72. The average Bonchev–Trinajstić information content (AvgIpc) is 3.15. The number of allylic oxidation sites excluding steroid dienone is 1. The Labute approximate surface area is 215 Å². The molecule has 0 saturated carbocycles. The Bertz CT molecular complexity index is 1420. The first-order valence-electron chi connectivity index (χ1n) is 10.6. The largest absolute Gasteiger partial charge is 0.457 e. The smallest absolute Gasteiger partial charge is 0.378 e. The van der Waals surface area contributed by atoms with Gasteiger partial charge in [0.2, 0.25) is 5.78 Å². The lowest BCUT2D eigenvalue weighted by Gasteiger charge is -2.31. The van der Waals surface area contributed by atoms with Gasteiger partial charge in [0, 0.05) is 11.1 Å². The highest BCUT2D eigenvalue weighted by atomic mass is 35.5. The molecule has 37 heavy (non-hydrogen) atoms. The number of rotatable bonds is 5. The molecule has 16 heteroatoms. The maximum Gasteiger partial charge on any atom is 0.378 e. The van der Waals surface area contributed by atoms with Crippen LogP contribution in [0.5, 0.6) is 0 Å². The summed E-state index contributed by atoms with van der Waals surface area (Å²) in [5.41, 5.74) is -2.26. The molecule has 0 spiro atoms. The molecule has 1 atom stereocenters. The molecule has 1 aromatic rings. The number of ether oxygens (including phenoxy) is 3. The van der Waals surface area contributed by atoms with Gasteiger partial charge in [-0.3, -0.25) is 22.7 Å². The lowest BCUT2D eigenvalue weighted by Crippen LogP contribution is -2.59. The molecule has 1 aliphatic carbocycles. The number of fused-ring (bicyclic) bond motifs is 1. The number of ketones is 3. The number of hydrogen-bond acceptors (Lipinski definition) is 13. The predicted molar refractivity (Wildman–Crippen MR) is 121 cm³/mol. The van der Waals surface area contributed by atoms with Crippen molar-refractivity contribution in [2.75, 3.05) is 26.4 Å². The number of hydrogen-bond donors (Lipinski definition) is 0. The van der Waals surface area contributed by atoms with Crippen molar-refractivity contribution in [3.05, 3.63) is 46.0 Å². The minimum absolute atomic E-state index is 0.0663. The molecule has 200 valence electrons. The number of esters is 1. The van der Waals surface area contributed by atoms with Crippen LogP contribution in [0.4, 0.5) is 0 Å². The molecular weight excluding hydrogens is 560 g/mol. The van der Waals surface area contributed by atoms with E-state index in [0.717, 1.165) is 6.07 Å². The Morgan fingerprint density at radius 3 is 2.05 bits per heavy atom. The van der Waals surface area contributed by atoms with E-state index in [9.17, 15) is 36.0 Å². The maximum atomic E-state index is 13.5. The van der Waals surface area contributed by atoms with E-state index in [-0.39, 0.29) is 12.2 Å². The molecule has 2 heterocycles. The maximum absolute atomic E-state index is 13.5. The van der Waals surface area contributed by atoms with Gasteiger partial charge in [-0.05, 0) is 13.8 Å².